The number of nitrogens with zero attached hydrogens (tertiary/aromatic N) is 1. The Bertz CT molecular complexity index is 842. The van der Waals surface area contributed by atoms with Crippen molar-refractivity contribution in [2.24, 2.45) is 5.73 Å². The molecule has 0 saturated heterocycles. The Balaban J connectivity index is 1.58. The van der Waals surface area contributed by atoms with E-state index in [-0.39, 0.29) is 10.8 Å². The molecule has 30 heavy (non-hydrogen) atoms. The highest BCUT2D eigenvalue weighted by molar-refractivity contribution is 8.03. The minimum absolute atomic E-state index is 0.253. The molecule has 1 unspecified atom stereocenters. The molecule has 1 atom stereocenters. The molecule has 160 valence electrons. The molecule has 4 rings (SSSR count). The molecule has 0 spiro atoms. The quantitative estimate of drug-likeness (QED) is 0.677. The number of amides is 1. The summed E-state index contributed by atoms with van der Waals surface area (Å²) in [5.41, 5.74) is 6.81. The van der Waals surface area contributed by atoms with E-state index in [1.807, 2.05) is 12.1 Å². The monoisotopic (exact) mass is 424 g/mol. The van der Waals surface area contributed by atoms with Crippen LogP contribution in [-0.2, 0) is 9.67 Å². The summed E-state index contributed by atoms with van der Waals surface area (Å²) in [4.78, 5) is 13.8. The molecule has 0 radical (unpaired) electrons. The Labute approximate surface area is 184 Å². The molecule has 0 aromatic heterocycles. The first-order valence-corrected chi connectivity index (χ1v) is 12.2. The van der Waals surface area contributed by atoms with Crippen molar-refractivity contribution < 1.29 is 9.90 Å². The highest BCUT2D eigenvalue weighted by Crippen LogP contribution is 2.51. The summed E-state index contributed by atoms with van der Waals surface area (Å²) < 4.78 is 0. The fourth-order valence-corrected chi connectivity index (χ4v) is 6.34. The second-order valence-corrected chi connectivity index (χ2v) is 10.1. The van der Waals surface area contributed by atoms with Gasteiger partial charge >= 0.3 is 0 Å². The number of primary amides is 1. The molecule has 4 nitrogen and oxygen atoms in total. The van der Waals surface area contributed by atoms with Crippen molar-refractivity contribution >= 4 is 17.7 Å². The number of aliphatic hydroxyl groups is 1. The van der Waals surface area contributed by atoms with Crippen molar-refractivity contribution in [1.29, 1.82) is 0 Å². The van der Waals surface area contributed by atoms with Crippen molar-refractivity contribution in [2.75, 3.05) is 0 Å². The highest BCUT2D eigenvalue weighted by atomic mass is 32.2. The standard InChI is InChI=1S/C25H32N2O2S/c26-23(28)13-17-25(27(18-19-30-25)22-6-2-3-7-22)21-10-8-20(9-11-21)12-16-24(29)14-4-1-5-15-24/h8-11,18-19,22,29H,1-7,13-15,17H2,(H2,26,28). The van der Waals surface area contributed by atoms with Crippen LogP contribution in [-0.4, -0.2) is 27.6 Å². The van der Waals surface area contributed by atoms with Gasteiger partial charge in [-0.1, -0.05) is 55.0 Å². The lowest BCUT2D eigenvalue weighted by molar-refractivity contribution is -0.118. The largest absolute Gasteiger partial charge is 0.378 e. The van der Waals surface area contributed by atoms with Gasteiger partial charge in [0.05, 0.1) is 0 Å². The van der Waals surface area contributed by atoms with E-state index >= 15 is 0 Å². The molecule has 1 aromatic rings. The maximum atomic E-state index is 11.6. The number of hydrogen-bond donors (Lipinski definition) is 2. The smallest absolute Gasteiger partial charge is 0.217 e. The molecule has 1 aliphatic heterocycles. The summed E-state index contributed by atoms with van der Waals surface area (Å²) in [7, 11) is 0. The summed E-state index contributed by atoms with van der Waals surface area (Å²) >= 11 is 1.78. The van der Waals surface area contributed by atoms with Crippen molar-refractivity contribution in [1.82, 2.24) is 4.90 Å². The minimum atomic E-state index is -0.829. The van der Waals surface area contributed by atoms with Crippen molar-refractivity contribution in [3.8, 4) is 11.8 Å². The Morgan fingerprint density at radius 2 is 1.83 bits per heavy atom. The molecule has 1 amide bonds. The number of carbonyl (C=O) groups excluding carboxylic acids is 1. The molecular weight excluding hydrogens is 392 g/mol. The zero-order valence-electron chi connectivity index (χ0n) is 17.6. The third kappa shape index (κ3) is 4.55. The molecule has 2 saturated carbocycles. The fraction of sp³-hybridized carbons (Fsp3) is 0.560. The van der Waals surface area contributed by atoms with E-state index in [0.717, 1.165) is 31.2 Å². The maximum Gasteiger partial charge on any atom is 0.217 e. The van der Waals surface area contributed by atoms with E-state index < -0.39 is 5.60 Å². The minimum Gasteiger partial charge on any atom is -0.378 e. The van der Waals surface area contributed by atoms with E-state index in [1.54, 1.807) is 11.8 Å². The predicted molar refractivity (Wildman–Crippen MR) is 122 cm³/mol. The van der Waals surface area contributed by atoms with E-state index in [9.17, 15) is 9.90 Å². The van der Waals surface area contributed by atoms with Crippen LogP contribution < -0.4 is 5.73 Å². The van der Waals surface area contributed by atoms with Gasteiger partial charge in [0, 0.05) is 24.2 Å². The Morgan fingerprint density at radius 1 is 1.13 bits per heavy atom. The van der Waals surface area contributed by atoms with Crippen LogP contribution in [0.25, 0.3) is 0 Å². The maximum absolute atomic E-state index is 11.6. The lowest BCUT2D eigenvalue weighted by atomic mass is 9.85. The van der Waals surface area contributed by atoms with Crippen LogP contribution in [0.1, 0.15) is 81.8 Å². The number of nitrogens with two attached hydrogens (primary N) is 1. The van der Waals surface area contributed by atoms with Gasteiger partial charge in [-0.3, -0.25) is 4.79 Å². The third-order valence-corrected chi connectivity index (χ3v) is 8.08. The van der Waals surface area contributed by atoms with Crippen molar-refractivity contribution in [2.45, 2.75) is 87.1 Å². The molecule has 1 heterocycles. The van der Waals surface area contributed by atoms with Crippen LogP contribution in [0.3, 0.4) is 0 Å². The van der Waals surface area contributed by atoms with E-state index in [2.05, 4.69) is 40.5 Å². The average molecular weight is 425 g/mol. The van der Waals surface area contributed by atoms with Gasteiger partial charge in [-0.05, 0) is 68.0 Å². The molecular formula is C25H32N2O2S. The van der Waals surface area contributed by atoms with Crippen LogP contribution in [0.2, 0.25) is 0 Å². The van der Waals surface area contributed by atoms with Gasteiger partial charge in [-0.15, -0.1) is 0 Å². The summed E-state index contributed by atoms with van der Waals surface area (Å²) in [5.74, 6) is 6.06. The van der Waals surface area contributed by atoms with Gasteiger partial charge in [0.15, 0.2) is 0 Å². The molecule has 3 N–H and O–H groups in total. The second-order valence-electron chi connectivity index (χ2n) is 8.92. The van der Waals surface area contributed by atoms with Crippen LogP contribution in [0, 0.1) is 11.8 Å². The normalized spacial score (nSPS) is 25.8. The average Bonchev–Trinajstić information content (AvgIpc) is 3.42. The number of carbonyl (C=O) groups is 1. The zero-order valence-corrected chi connectivity index (χ0v) is 18.4. The van der Waals surface area contributed by atoms with Gasteiger partial charge in [-0.2, -0.15) is 0 Å². The number of thioether (sulfide) groups is 1. The van der Waals surface area contributed by atoms with Gasteiger partial charge < -0.3 is 15.7 Å². The summed E-state index contributed by atoms with van der Waals surface area (Å²) in [6, 6.07) is 8.89. The lowest BCUT2D eigenvalue weighted by Crippen LogP contribution is -2.43. The van der Waals surface area contributed by atoms with E-state index in [0.29, 0.717) is 18.9 Å². The predicted octanol–water partition coefficient (Wildman–Crippen LogP) is 4.61. The van der Waals surface area contributed by atoms with Crippen LogP contribution in [0.4, 0.5) is 0 Å². The lowest BCUT2D eigenvalue weighted by Gasteiger charge is -2.43. The molecule has 5 heteroatoms. The van der Waals surface area contributed by atoms with E-state index in [4.69, 9.17) is 5.73 Å². The van der Waals surface area contributed by atoms with Gasteiger partial charge in [0.25, 0.3) is 0 Å². The van der Waals surface area contributed by atoms with Gasteiger partial charge in [0.2, 0.25) is 5.91 Å². The first kappa shape index (κ1) is 21.3. The van der Waals surface area contributed by atoms with E-state index in [1.165, 1.54) is 37.7 Å². The topological polar surface area (TPSA) is 66.6 Å². The SMILES string of the molecule is NC(=O)CCC1(c2ccc(C#CC3(O)CCCCC3)cc2)SC=CN1C1CCCC1. The highest BCUT2D eigenvalue weighted by Gasteiger charge is 2.44. The number of rotatable bonds is 5. The van der Waals surface area contributed by atoms with Crippen molar-refractivity contribution in [3.05, 3.63) is 47.0 Å². The summed E-state index contributed by atoms with van der Waals surface area (Å²) in [6.07, 6.45) is 13.0. The number of hydrogen-bond acceptors (Lipinski definition) is 4. The molecule has 3 aliphatic rings. The van der Waals surface area contributed by atoms with Crippen LogP contribution >= 0.6 is 11.8 Å². The third-order valence-electron chi connectivity index (χ3n) is 6.79. The van der Waals surface area contributed by atoms with Crippen molar-refractivity contribution in [3.63, 3.8) is 0 Å². The van der Waals surface area contributed by atoms with Crippen LogP contribution in [0.15, 0.2) is 35.9 Å². The second kappa shape index (κ2) is 9.08. The first-order chi connectivity index (χ1) is 14.5. The molecule has 2 aliphatic carbocycles. The van der Waals surface area contributed by atoms with Gasteiger partial charge in [-0.25, -0.2) is 0 Å². The van der Waals surface area contributed by atoms with Crippen LogP contribution in [0.5, 0.6) is 0 Å². The fourth-order valence-electron chi connectivity index (χ4n) is 5.10. The molecule has 0 bridgehead atoms. The van der Waals surface area contributed by atoms with Gasteiger partial charge in [0.1, 0.15) is 10.5 Å². The Kier molecular flexibility index (Phi) is 6.46. The zero-order chi connectivity index (χ0) is 21.0. The first-order valence-electron chi connectivity index (χ1n) is 11.3. The molecule has 2 fully saturated rings. The Morgan fingerprint density at radius 3 is 2.50 bits per heavy atom. The summed E-state index contributed by atoms with van der Waals surface area (Å²) in [6.45, 7) is 0. The molecule has 1 aromatic carbocycles. The summed E-state index contributed by atoms with van der Waals surface area (Å²) in [5, 5.41) is 12.8. The number of benzene rings is 1. The Hall–Kier alpha value is -1.90.